The molecule has 0 saturated heterocycles. The van der Waals surface area contributed by atoms with Gasteiger partial charge in [-0.25, -0.2) is 4.79 Å². The summed E-state index contributed by atoms with van der Waals surface area (Å²) in [5.41, 5.74) is 0.0949. The van der Waals surface area contributed by atoms with Gasteiger partial charge >= 0.3 is 5.97 Å². The van der Waals surface area contributed by atoms with Gasteiger partial charge in [-0.3, -0.25) is 4.79 Å². The third-order valence-corrected chi connectivity index (χ3v) is 2.17. The van der Waals surface area contributed by atoms with Crippen LogP contribution in [0.25, 0.3) is 0 Å². The molecule has 6 nitrogen and oxygen atoms in total. The summed E-state index contributed by atoms with van der Waals surface area (Å²) >= 11 is 0. The number of amides is 1. The van der Waals surface area contributed by atoms with Crippen LogP contribution in [0.15, 0.2) is 10.6 Å². The first kappa shape index (κ1) is 13.2. The molecule has 0 unspecified atom stereocenters. The van der Waals surface area contributed by atoms with E-state index in [-0.39, 0.29) is 11.6 Å². The van der Waals surface area contributed by atoms with Gasteiger partial charge in [0.25, 0.3) is 5.91 Å². The van der Waals surface area contributed by atoms with Crippen molar-refractivity contribution in [3.8, 4) is 0 Å². The Morgan fingerprint density at radius 3 is 2.59 bits per heavy atom. The second-order valence-electron chi connectivity index (χ2n) is 4.32. The summed E-state index contributed by atoms with van der Waals surface area (Å²) in [6.07, 6.45) is 0.373. The Morgan fingerprint density at radius 1 is 1.53 bits per heavy atom. The number of hydrogen-bond donors (Lipinski definition) is 2. The first-order valence-electron chi connectivity index (χ1n) is 5.37. The molecule has 1 heterocycles. The Labute approximate surface area is 99.0 Å². The molecule has 1 amide bonds. The van der Waals surface area contributed by atoms with Crippen LogP contribution in [0.4, 0.5) is 0 Å². The number of carbonyl (C=O) groups is 2. The van der Waals surface area contributed by atoms with Crippen LogP contribution in [0.2, 0.25) is 0 Å². The zero-order valence-corrected chi connectivity index (χ0v) is 10.1. The Hall–Kier alpha value is -1.85. The lowest BCUT2D eigenvalue weighted by Crippen LogP contribution is -2.41. The normalized spacial score (nSPS) is 12.5. The molecule has 94 valence electrons. The molecule has 0 bridgehead atoms. The molecular weight excluding hydrogens is 224 g/mol. The van der Waals surface area contributed by atoms with Gasteiger partial charge in [0.1, 0.15) is 11.8 Å². The minimum atomic E-state index is -1.05. The highest BCUT2D eigenvalue weighted by molar-refractivity contribution is 5.94. The van der Waals surface area contributed by atoms with Crippen LogP contribution in [0.5, 0.6) is 0 Å². The molecule has 1 rings (SSSR count). The molecule has 6 heteroatoms. The molecule has 0 spiro atoms. The molecule has 17 heavy (non-hydrogen) atoms. The third-order valence-electron chi connectivity index (χ3n) is 2.17. The molecule has 0 aliphatic carbocycles. The maximum atomic E-state index is 11.7. The first-order valence-corrected chi connectivity index (χ1v) is 5.37. The van der Waals surface area contributed by atoms with Gasteiger partial charge in [-0.15, -0.1) is 0 Å². The summed E-state index contributed by atoms with van der Waals surface area (Å²) in [7, 11) is 0. The second-order valence-corrected chi connectivity index (χ2v) is 4.32. The van der Waals surface area contributed by atoms with Crippen molar-refractivity contribution in [3.05, 3.63) is 17.5 Å². The van der Waals surface area contributed by atoms with E-state index >= 15 is 0 Å². The highest BCUT2D eigenvalue weighted by atomic mass is 16.5. The van der Waals surface area contributed by atoms with E-state index in [2.05, 4.69) is 10.5 Å². The summed E-state index contributed by atoms with van der Waals surface area (Å²) < 4.78 is 4.75. The lowest BCUT2D eigenvalue weighted by Gasteiger charge is -2.15. The number of aromatic nitrogens is 1. The van der Waals surface area contributed by atoms with Gasteiger partial charge in [0, 0.05) is 6.07 Å². The first-order chi connectivity index (χ1) is 7.90. The Bertz CT molecular complexity index is 411. The molecule has 1 aromatic rings. The predicted octanol–water partition coefficient (Wildman–Crippen LogP) is 1.21. The fourth-order valence-corrected chi connectivity index (χ4v) is 1.40. The van der Waals surface area contributed by atoms with Crippen LogP contribution in [0, 0.1) is 12.8 Å². The number of rotatable bonds is 5. The van der Waals surface area contributed by atoms with Crippen LogP contribution in [-0.2, 0) is 4.79 Å². The predicted molar refractivity (Wildman–Crippen MR) is 59.6 cm³/mol. The monoisotopic (exact) mass is 240 g/mol. The maximum Gasteiger partial charge on any atom is 0.326 e. The number of nitrogens with zero attached hydrogens (tertiary/aromatic N) is 1. The molecule has 0 aromatic carbocycles. The number of hydrogen-bond acceptors (Lipinski definition) is 4. The van der Waals surface area contributed by atoms with E-state index in [9.17, 15) is 9.59 Å². The molecule has 1 aromatic heterocycles. The average Bonchev–Trinajstić information content (AvgIpc) is 2.63. The van der Waals surface area contributed by atoms with E-state index in [0.29, 0.717) is 12.2 Å². The van der Waals surface area contributed by atoms with Gasteiger partial charge in [-0.1, -0.05) is 19.0 Å². The summed E-state index contributed by atoms with van der Waals surface area (Å²) in [6.45, 7) is 5.44. The lowest BCUT2D eigenvalue weighted by atomic mass is 10.0. The van der Waals surface area contributed by atoms with Crippen molar-refractivity contribution in [2.45, 2.75) is 33.2 Å². The number of carbonyl (C=O) groups excluding carboxylic acids is 1. The number of nitrogens with one attached hydrogen (secondary N) is 1. The van der Waals surface area contributed by atoms with Crippen molar-refractivity contribution >= 4 is 11.9 Å². The van der Waals surface area contributed by atoms with Crippen molar-refractivity contribution in [1.29, 1.82) is 0 Å². The van der Waals surface area contributed by atoms with Gasteiger partial charge in [0.15, 0.2) is 5.69 Å². The van der Waals surface area contributed by atoms with Crippen molar-refractivity contribution < 1.29 is 19.2 Å². The van der Waals surface area contributed by atoms with Crippen molar-refractivity contribution in [2.75, 3.05) is 0 Å². The van der Waals surface area contributed by atoms with Crippen molar-refractivity contribution in [3.63, 3.8) is 0 Å². The molecule has 0 aliphatic rings. The number of carboxylic acid groups (broad SMARTS) is 1. The maximum absolute atomic E-state index is 11.7. The molecule has 2 N–H and O–H groups in total. The average molecular weight is 240 g/mol. The molecule has 0 saturated carbocycles. The minimum Gasteiger partial charge on any atom is -0.480 e. The number of aliphatic carboxylic acids is 1. The zero-order valence-electron chi connectivity index (χ0n) is 10.1. The fourth-order valence-electron chi connectivity index (χ4n) is 1.40. The van der Waals surface area contributed by atoms with Gasteiger partial charge in [0.2, 0.25) is 0 Å². The van der Waals surface area contributed by atoms with E-state index in [4.69, 9.17) is 9.63 Å². The van der Waals surface area contributed by atoms with Gasteiger partial charge in [0.05, 0.1) is 0 Å². The number of carboxylic acids is 1. The number of aryl methyl sites for hydroxylation is 1. The van der Waals surface area contributed by atoms with Gasteiger partial charge in [-0.05, 0) is 19.3 Å². The van der Waals surface area contributed by atoms with Crippen molar-refractivity contribution in [1.82, 2.24) is 10.5 Å². The van der Waals surface area contributed by atoms with E-state index in [1.54, 1.807) is 6.92 Å². The second kappa shape index (κ2) is 5.47. The van der Waals surface area contributed by atoms with Gasteiger partial charge in [-0.2, -0.15) is 0 Å². The Balaban J connectivity index is 2.67. The topological polar surface area (TPSA) is 92.4 Å². The van der Waals surface area contributed by atoms with Crippen LogP contribution in [0.3, 0.4) is 0 Å². The highest BCUT2D eigenvalue weighted by Gasteiger charge is 2.23. The Morgan fingerprint density at radius 2 is 2.18 bits per heavy atom. The van der Waals surface area contributed by atoms with Crippen molar-refractivity contribution in [2.24, 2.45) is 5.92 Å². The summed E-state index contributed by atoms with van der Waals surface area (Å²) in [4.78, 5) is 22.6. The van der Waals surface area contributed by atoms with E-state index < -0.39 is 17.9 Å². The highest BCUT2D eigenvalue weighted by Crippen LogP contribution is 2.07. The van der Waals surface area contributed by atoms with Crippen LogP contribution in [0.1, 0.15) is 36.5 Å². The minimum absolute atomic E-state index is 0.0949. The molecule has 1 atom stereocenters. The van der Waals surface area contributed by atoms with E-state index in [0.717, 1.165) is 0 Å². The lowest BCUT2D eigenvalue weighted by molar-refractivity contribution is -0.139. The zero-order chi connectivity index (χ0) is 13.0. The smallest absolute Gasteiger partial charge is 0.326 e. The molecular formula is C11H16N2O4. The summed E-state index contributed by atoms with van der Waals surface area (Å²) in [5.74, 6) is -0.900. The van der Waals surface area contributed by atoms with Crippen LogP contribution >= 0.6 is 0 Å². The molecule has 0 radical (unpaired) electrons. The van der Waals surface area contributed by atoms with Gasteiger partial charge < -0.3 is 14.9 Å². The van der Waals surface area contributed by atoms with Crippen LogP contribution < -0.4 is 5.32 Å². The standard InChI is InChI=1S/C11H16N2O4/c1-6(2)4-9(11(15)16)12-10(14)8-5-7(3)17-13-8/h5-6,9H,4H2,1-3H3,(H,12,14)(H,15,16)/t9-/m1/s1. The fraction of sp³-hybridized carbons (Fsp3) is 0.545. The quantitative estimate of drug-likeness (QED) is 0.807. The largest absolute Gasteiger partial charge is 0.480 e. The van der Waals surface area contributed by atoms with E-state index in [1.807, 2.05) is 13.8 Å². The SMILES string of the molecule is Cc1cc(C(=O)N[C@H](CC(C)C)C(=O)O)no1. The molecule has 0 aliphatic heterocycles. The Kier molecular flexibility index (Phi) is 4.25. The summed E-state index contributed by atoms with van der Waals surface area (Å²) in [6, 6.07) is 0.559. The summed E-state index contributed by atoms with van der Waals surface area (Å²) in [5, 5.41) is 14.9. The van der Waals surface area contributed by atoms with E-state index in [1.165, 1.54) is 6.07 Å². The molecule has 0 fully saturated rings. The third kappa shape index (κ3) is 3.90. The van der Waals surface area contributed by atoms with Crippen LogP contribution in [-0.4, -0.2) is 28.2 Å².